The van der Waals surface area contributed by atoms with E-state index >= 15 is 0 Å². The molecule has 0 aliphatic rings. The number of aryl methyl sites for hydroxylation is 1. The number of methoxy groups -OCH3 is 1. The molecule has 0 unspecified atom stereocenters. The second-order valence-electron chi connectivity index (χ2n) is 6.25. The molecule has 1 amide bonds. The SMILES string of the molecule is COc1cc(C(=O)NCc2ccccc2C)ccc1OCc1ccccc1. The van der Waals surface area contributed by atoms with Crippen LogP contribution in [0.2, 0.25) is 0 Å². The van der Waals surface area contributed by atoms with Gasteiger partial charge >= 0.3 is 0 Å². The Labute approximate surface area is 159 Å². The minimum absolute atomic E-state index is 0.147. The quantitative estimate of drug-likeness (QED) is 0.673. The van der Waals surface area contributed by atoms with Gasteiger partial charge in [0.05, 0.1) is 7.11 Å². The molecule has 3 aromatic rings. The lowest BCUT2D eigenvalue weighted by Gasteiger charge is -2.13. The van der Waals surface area contributed by atoms with Crippen LogP contribution in [-0.2, 0) is 13.2 Å². The topological polar surface area (TPSA) is 47.6 Å². The molecule has 0 saturated carbocycles. The highest BCUT2D eigenvalue weighted by molar-refractivity contribution is 5.94. The summed E-state index contributed by atoms with van der Waals surface area (Å²) in [6.07, 6.45) is 0. The fourth-order valence-electron chi connectivity index (χ4n) is 2.75. The summed E-state index contributed by atoms with van der Waals surface area (Å²) >= 11 is 0. The van der Waals surface area contributed by atoms with Gasteiger partial charge in [-0.05, 0) is 41.8 Å². The van der Waals surface area contributed by atoms with Crippen molar-refractivity contribution in [2.24, 2.45) is 0 Å². The van der Waals surface area contributed by atoms with Crippen molar-refractivity contribution < 1.29 is 14.3 Å². The number of hydrogen-bond acceptors (Lipinski definition) is 3. The molecule has 27 heavy (non-hydrogen) atoms. The first kappa shape index (κ1) is 18.5. The summed E-state index contributed by atoms with van der Waals surface area (Å²) in [4.78, 5) is 12.5. The molecule has 0 atom stereocenters. The van der Waals surface area contributed by atoms with E-state index < -0.39 is 0 Å². The van der Waals surface area contributed by atoms with Crippen molar-refractivity contribution >= 4 is 5.91 Å². The van der Waals surface area contributed by atoms with Crippen molar-refractivity contribution in [3.63, 3.8) is 0 Å². The molecule has 0 spiro atoms. The van der Waals surface area contributed by atoms with Gasteiger partial charge < -0.3 is 14.8 Å². The number of benzene rings is 3. The lowest BCUT2D eigenvalue weighted by atomic mass is 10.1. The van der Waals surface area contributed by atoms with Crippen molar-refractivity contribution in [1.29, 1.82) is 0 Å². The third kappa shape index (κ3) is 4.88. The van der Waals surface area contributed by atoms with Crippen LogP contribution in [0, 0.1) is 6.92 Å². The molecule has 4 nitrogen and oxygen atoms in total. The molecule has 0 fully saturated rings. The molecule has 0 aliphatic carbocycles. The number of amides is 1. The monoisotopic (exact) mass is 361 g/mol. The fraction of sp³-hybridized carbons (Fsp3) is 0.174. The second-order valence-corrected chi connectivity index (χ2v) is 6.25. The van der Waals surface area contributed by atoms with Crippen LogP contribution >= 0.6 is 0 Å². The highest BCUT2D eigenvalue weighted by Gasteiger charge is 2.11. The molecule has 1 N–H and O–H groups in total. The van der Waals surface area contributed by atoms with Gasteiger partial charge in [-0.2, -0.15) is 0 Å². The zero-order chi connectivity index (χ0) is 19.1. The molecule has 138 valence electrons. The Kier molecular flexibility index (Phi) is 6.10. The van der Waals surface area contributed by atoms with E-state index in [-0.39, 0.29) is 5.91 Å². The summed E-state index contributed by atoms with van der Waals surface area (Å²) in [6.45, 7) is 2.96. The smallest absolute Gasteiger partial charge is 0.251 e. The number of rotatable bonds is 7. The highest BCUT2D eigenvalue weighted by Crippen LogP contribution is 2.29. The Bertz CT molecular complexity index is 907. The minimum atomic E-state index is -0.147. The average Bonchev–Trinajstić information content (AvgIpc) is 2.72. The zero-order valence-corrected chi connectivity index (χ0v) is 15.6. The Morgan fingerprint density at radius 2 is 1.67 bits per heavy atom. The summed E-state index contributed by atoms with van der Waals surface area (Å²) in [6, 6.07) is 23.1. The normalized spacial score (nSPS) is 10.3. The van der Waals surface area contributed by atoms with E-state index in [9.17, 15) is 4.79 Å². The van der Waals surface area contributed by atoms with Gasteiger partial charge in [-0.3, -0.25) is 4.79 Å². The largest absolute Gasteiger partial charge is 0.493 e. The Hall–Kier alpha value is -3.27. The predicted octanol–water partition coefficient (Wildman–Crippen LogP) is 4.51. The predicted molar refractivity (Wildman–Crippen MR) is 106 cm³/mol. The van der Waals surface area contributed by atoms with E-state index in [2.05, 4.69) is 5.32 Å². The molecule has 0 saturated heterocycles. The molecule has 4 heteroatoms. The van der Waals surface area contributed by atoms with Crippen LogP contribution in [0.3, 0.4) is 0 Å². The van der Waals surface area contributed by atoms with Crippen LogP contribution in [0.5, 0.6) is 11.5 Å². The Balaban J connectivity index is 1.66. The van der Waals surface area contributed by atoms with Gasteiger partial charge in [0, 0.05) is 12.1 Å². The first-order valence-corrected chi connectivity index (χ1v) is 8.85. The second kappa shape index (κ2) is 8.90. The number of nitrogens with one attached hydrogen (secondary N) is 1. The molecule has 0 aromatic heterocycles. The van der Waals surface area contributed by atoms with Crippen molar-refractivity contribution in [3.05, 3.63) is 95.1 Å². The Morgan fingerprint density at radius 1 is 0.926 bits per heavy atom. The van der Waals surface area contributed by atoms with Crippen LogP contribution in [0.25, 0.3) is 0 Å². The summed E-state index contributed by atoms with van der Waals surface area (Å²) < 4.78 is 11.2. The summed E-state index contributed by atoms with van der Waals surface area (Å²) in [7, 11) is 1.57. The zero-order valence-electron chi connectivity index (χ0n) is 15.6. The van der Waals surface area contributed by atoms with Gasteiger partial charge in [0.1, 0.15) is 6.61 Å². The molecule has 3 rings (SSSR count). The third-order valence-corrected chi connectivity index (χ3v) is 4.36. The summed E-state index contributed by atoms with van der Waals surface area (Å²) in [5.74, 6) is 0.998. The van der Waals surface area contributed by atoms with Gasteiger partial charge in [-0.25, -0.2) is 0 Å². The first-order chi connectivity index (χ1) is 13.2. The maximum atomic E-state index is 12.5. The molecule has 3 aromatic carbocycles. The van der Waals surface area contributed by atoms with Gasteiger partial charge in [0.25, 0.3) is 5.91 Å². The maximum Gasteiger partial charge on any atom is 0.251 e. The van der Waals surface area contributed by atoms with Crippen molar-refractivity contribution in [2.45, 2.75) is 20.1 Å². The standard InChI is InChI=1S/C23H23NO3/c1-17-8-6-7-11-20(17)15-24-23(25)19-12-13-21(22(14-19)26-2)27-16-18-9-4-3-5-10-18/h3-14H,15-16H2,1-2H3,(H,24,25). The highest BCUT2D eigenvalue weighted by atomic mass is 16.5. The Morgan fingerprint density at radius 3 is 2.41 bits per heavy atom. The van der Waals surface area contributed by atoms with Crippen LogP contribution in [-0.4, -0.2) is 13.0 Å². The third-order valence-electron chi connectivity index (χ3n) is 4.36. The van der Waals surface area contributed by atoms with Gasteiger partial charge in [-0.1, -0.05) is 54.6 Å². The molecule has 0 aliphatic heterocycles. The molecular weight excluding hydrogens is 338 g/mol. The lowest BCUT2D eigenvalue weighted by Crippen LogP contribution is -2.23. The maximum absolute atomic E-state index is 12.5. The van der Waals surface area contributed by atoms with Gasteiger partial charge in [0.15, 0.2) is 11.5 Å². The summed E-state index contributed by atoms with van der Waals surface area (Å²) in [5.41, 5.74) is 3.85. The average molecular weight is 361 g/mol. The molecular formula is C23H23NO3. The number of ether oxygens (including phenoxy) is 2. The van der Waals surface area contributed by atoms with Gasteiger partial charge in [-0.15, -0.1) is 0 Å². The van der Waals surface area contributed by atoms with E-state index in [4.69, 9.17) is 9.47 Å². The molecule has 0 heterocycles. The van der Waals surface area contributed by atoms with Crippen molar-refractivity contribution in [2.75, 3.05) is 7.11 Å². The van der Waals surface area contributed by atoms with Crippen LogP contribution in [0.1, 0.15) is 27.0 Å². The van der Waals surface area contributed by atoms with Crippen LogP contribution in [0.15, 0.2) is 72.8 Å². The van der Waals surface area contributed by atoms with E-state index in [1.54, 1.807) is 25.3 Å². The molecule has 0 radical (unpaired) electrons. The van der Waals surface area contributed by atoms with Crippen molar-refractivity contribution in [3.8, 4) is 11.5 Å². The number of carbonyl (C=O) groups is 1. The van der Waals surface area contributed by atoms with Crippen LogP contribution < -0.4 is 14.8 Å². The van der Waals surface area contributed by atoms with E-state index in [1.165, 1.54) is 0 Å². The number of carbonyl (C=O) groups excluding carboxylic acids is 1. The van der Waals surface area contributed by atoms with E-state index in [0.717, 1.165) is 16.7 Å². The number of hydrogen-bond donors (Lipinski definition) is 1. The first-order valence-electron chi connectivity index (χ1n) is 8.85. The molecule has 0 bridgehead atoms. The van der Waals surface area contributed by atoms with Crippen LogP contribution in [0.4, 0.5) is 0 Å². The minimum Gasteiger partial charge on any atom is -0.493 e. The lowest BCUT2D eigenvalue weighted by molar-refractivity contribution is 0.0950. The van der Waals surface area contributed by atoms with Gasteiger partial charge in [0.2, 0.25) is 0 Å². The summed E-state index contributed by atoms with van der Waals surface area (Å²) in [5, 5.41) is 2.95. The van der Waals surface area contributed by atoms with Crippen molar-refractivity contribution in [1.82, 2.24) is 5.32 Å². The fourth-order valence-corrected chi connectivity index (χ4v) is 2.75. The van der Waals surface area contributed by atoms with E-state index in [1.807, 2.05) is 61.5 Å². The van der Waals surface area contributed by atoms with E-state index in [0.29, 0.717) is 30.2 Å².